The Balaban J connectivity index is 0.000000190. The highest BCUT2D eigenvalue weighted by atomic mass is 35.5. The summed E-state index contributed by atoms with van der Waals surface area (Å²) in [6, 6.07) is 9.41. The molecule has 2 aromatic heterocycles. The van der Waals surface area contributed by atoms with Crippen molar-refractivity contribution in [2.24, 2.45) is 5.92 Å². The molecule has 0 amide bonds. The first-order chi connectivity index (χ1) is 26.7. The van der Waals surface area contributed by atoms with Gasteiger partial charge in [0.15, 0.2) is 9.54 Å². The van der Waals surface area contributed by atoms with E-state index in [2.05, 4.69) is 14.5 Å². The summed E-state index contributed by atoms with van der Waals surface area (Å²) >= 11 is 23.0. The molecule has 1 unspecified atom stereocenters. The van der Waals surface area contributed by atoms with Crippen LogP contribution in [-0.4, -0.2) is 55.1 Å². The van der Waals surface area contributed by atoms with Crippen LogP contribution >= 0.6 is 47.6 Å². The molecule has 2 aromatic carbocycles. The molecular formula is C38H36Cl2F2N4O8S2. The molecule has 5 atom stereocenters. The molecule has 8 rings (SSSR count). The van der Waals surface area contributed by atoms with Crippen LogP contribution in [0.5, 0.6) is 0 Å². The highest BCUT2D eigenvalue weighted by Gasteiger charge is 2.64. The summed E-state index contributed by atoms with van der Waals surface area (Å²) < 4.78 is 39.3. The Bertz CT molecular complexity index is 2350. The van der Waals surface area contributed by atoms with Gasteiger partial charge in [-0.1, -0.05) is 30.1 Å². The van der Waals surface area contributed by atoms with Crippen LogP contribution in [0.2, 0.25) is 10.0 Å². The summed E-state index contributed by atoms with van der Waals surface area (Å²) in [7, 11) is 0. The highest BCUT2D eigenvalue weighted by molar-refractivity contribution is 7.71. The third-order valence-electron chi connectivity index (χ3n) is 11.0. The average molecular weight is 850 g/mol. The first kappa shape index (κ1) is 42.6. The number of fused-ring (bicyclic) bond motifs is 6. The van der Waals surface area contributed by atoms with Crippen molar-refractivity contribution in [1.82, 2.24) is 19.1 Å². The third-order valence-corrected chi connectivity index (χ3v) is 12.1. The number of aryl methyl sites for hydroxylation is 1. The lowest BCUT2D eigenvalue weighted by atomic mass is 9.92. The van der Waals surface area contributed by atoms with Gasteiger partial charge in [-0.25, -0.2) is 8.78 Å². The fourth-order valence-electron chi connectivity index (χ4n) is 8.42. The van der Waals surface area contributed by atoms with Gasteiger partial charge >= 0.3 is 24.2 Å². The van der Waals surface area contributed by atoms with Crippen LogP contribution < -0.4 is 0 Å². The second-order valence-electron chi connectivity index (χ2n) is 14.0. The number of esters is 1. The minimum atomic E-state index is -0.842. The van der Waals surface area contributed by atoms with Crippen molar-refractivity contribution >= 4 is 71.9 Å². The van der Waals surface area contributed by atoms with Gasteiger partial charge in [-0.15, -0.1) is 0 Å². The number of nitrogens with one attached hydrogen (secondary N) is 2. The van der Waals surface area contributed by atoms with Gasteiger partial charge in [0, 0.05) is 75.0 Å². The topological polar surface area (TPSA) is 173 Å². The first-order valence-corrected chi connectivity index (χ1v) is 19.1. The van der Waals surface area contributed by atoms with Gasteiger partial charge in [0.1, 0.15) is 11.6 Å². The van der Waals surface area contributed by atoms with Crippen molar-refractivity contribution in [3.63, 3.8) is 0 Å². The largest absolute Gasteiger partial charge is 0.481 e. The fourth-order valence-corrected chi connectivity index (χ4v) is 9.34. The number of benzene rings is 2. The maximum Gasteiger partial charge on any atom is 0.373 e. The van der Waals surface area contributed by atoms with E-state index < -0.39 is 5.97 Å². The Morgan fingerprint density at radius 2 is 1.32 bits per heavy atom. The Labute approximate surface area is 339 Å². The Morgan fingerprint density at radius 3 is 1.75 bits per heavy atom. The van der Waals surface area contributed by atoms with Crippen LogP contribution in [-0.2, 0) is 70.3 Å². The predicted octanol–water partition coefficient (Wildman–Crippen LogP) is 7.54. The number of imidazole rings is 2. The van der Waals surface area contributed by atoms with Gasteiger partial charge in [-0.2, -0.15) is 19.2 Å². The van der Waals surface area contributed by atoms with Crippen LogP contribution in [0.1, 0.15) is 85.3 Å². The summed E-state index contributed by atoms with van der Waals surface area (Å²) in [5.74, 6) is -1.32. The van der Waals surface area contributed by atoms with Gasteiger partial charge in [0.05, 0.1) is 18.9 Å². The van der Waals surface area contributed by atoms with Crippen molar-refractivity contribution < 1.29 is 47.4 Å². The summed E-state index contributed by atoms with van der Waals surface area (Å²) in [5, 5.41) is 9.96. The lowest BCUT2D eigenvalue weighted by molar-refractivity contribution is -0.193. The Hall–Kier alpha value is -4.56. The van der Waals surface area contributed by atoms with E-state index in [1.54, 1.807) is 24.3 Å². The molecule has 2 aliphatic heterocycles. The molecule has 2 fully saturated rings. The number of carbonyl (C=O) groups excluding carboxylic acids is 5. The molecule has 0 spiro atoms. The van der Waals surface area contributed by atoms with Crippen LogP contribution in [0.25, 0.3) is 0 Å². The van der Waals surface area contributed by atoms with Gasteiger partial charge in [-0.3, -0.25) is 9.59 Å². The molecular weight excluding hydrogens is 813 g/mol. The molecule has 0 radical (unpaired) electrons. The van der Waals surface area contributed by atoms with E-state index in [4.69, 9.17) is 76.7 Å². The number of halogens is 4. The molecule has 2 aliphatic carbocycles. The molecule has 3 N–H and O–H groups in total. The van der Waals surface area contributed by atoms with E-state index in [-0.39, 0.29) is 64.9 Å². The quantitative estimate of drug-likeness (QED) is 0.107. The summed E-state index contributed by atoms with van der Waals surface area (Å²) in [5.41, 5.74) is 4.74. The van der Waals surface area contributed by atoms with Crippen molar-refractivity contribution in [1.29, 1.82) is 0 Å². The minimum absolute atomic E-state index is 0.0491. The molecule has 0 bridgehead atoms. The zero-order valence-electron chi connectivity index (χ0n) is 30.1. The maximum absolute atomic E-state index is 14.5. The number of aliphatic carboxylic acids is 1. The molecule has 4 heterocycles. The fraction of sp³-hybridized carbons (Fsp3) is 0.421. The molecule has 2 saturated carbocycles. The van der Waals surface area contributed by atoms with Crippen LogP contribution in [0.15, 0.2) is 36.4 Å². The van der Waals surface area contributed by atoms with E-state index in [1.807, 2.05) is 18.4 Å². The second kappa shape index (κ2) is 17.3. The lowest BCUT2D eigenvalue weighted by Gasteiger charge is -2.14. The molecule has 56 heavy (non-hydrogen) atoms. The number of hydrogen-bond donors (Lipinski definition) is 3. The van der Waals surface area contributed by atoms with E-state index in [0.29, 0.717) is 69.7 Å². The molecule has 4 aromatic rings. The van der Waals surface area contributed by atoms with E-state index >= 15 is 0 Å². The molecule has 18 heteroatoms. The summed E-state index contributed by atoms with van der Waals surface area (Å²) in [6.07, 6.45) is 3.94. The van der Waals surface area contributed by atoms with Gasteiger partial charge in [0.25, 0.3) is 0 Å². The number of carboxylic acid groups (broad SMARTS) is 1. The van der Waals surface area contributed by atoms with Crippen molar-refractivity contribution in [3.8, 4) is 0 Å². The van der Waals surface area contributed by atoms with Crippen LogP contribution in [0.4, 0.5) is 8.78 Å². The molecule has 12 nitrogen and oxygen atoms in total. The molecule has 296 valence electrons. The number of aromatic nitrogens is 4. The number of rotatable bonds is 10. The number of ether oxygens (including phenoxy) is 1. The number of nitrogens with zero attached hydrogens (tertiary/aromatic N) is 2. The van der Waals surface area contributed by atoms with Crippen molar-refractivity contribution in [2.45, 2.75) is 88.1 Å². The smallest absolute Gasteiger partial charge is 0.373 e. The van der Waals surface area contributed by atoms with Gasteiger partial charge < -0.3 is 28.9 Å². The van der Waals surface area contributed by atoms with Crippen molar-refractivity contribution in [3.05, 3.63) is 102 Å². The number of H-pyrrole nitrogens is 2. The second-order valence-corrected chi connectivity index (χ2v) is 15.6. The van der Waals surface area contributed by atoms with E-state index in [9.17, 15) is 18.4 Å². The minimum Gasteiger partial charge on any atom is -0.481 e. The van der Waals surface area contributed by atoms with Crippen LogP contribution in [0, 0.1) is 27.1 Å². The number of carboxylic acids is 1. The molecule has 4 aliphatic rings. The lowest BCUT2D eigenvalue weighted by Crippen LogP contribution is -2.20. The summed E-state index contributed by atoms with van der Waals surface area (Å²) in [6.45, 7) is 5.43. The molecule has 0 saturated heterocycles. The average Bonchev–Trinajstić information content (AvgIpc) is 3.86. The zero-order chi connectivity index (χ0) is 41.1. The Morgan fingerprint density at radius 1 is 0.875 bits per heavy atom. The summed E-state index contributed by atoms with van der Waals surface area (Å²) in [4.78, 5) is 61.9. The standard InChI is InChI=1S/C20H22ClFN2O2S.C16H14ClFN2O2S.2CO2/c1-3-11(18(25)26-4-2)7-16-17-14-9-20(14,10-24(17)19(27)23-16)13-8-12(21)5-6-15(13)22;17-8-1-2-11(18)9(5-8)16-6-10(16)14-12(3-4-13(21)22)19-15(23)20(14)7-16;2*2-1-3/h5-6,8,11,14H,3-4,7,9-10H2,1-2H3,(H,23,27);1-2,5,10H,3-4,6-7H2,(H,19,23)(H,21,22);;/t11?,14-,20+;10-,16+;;/m00../s1. The predicted molar refractivity (Wildman–Crippen MR) is 200 cm³/mol. The zero-order valence-corrected chi connectivity index (χ0v) is 33.2. The maximum atomic E-state index is 14.5. The van der Waals surface area contributed by atoms with Crippen LogP contribution in [0.3, 0.4) is 0 Å². The van der Waals surface area contributed by atoms with Gasteiger partial charge in [-0.05, 0) is 105 Å². The number of carbonyl (C=O) groups is 2. The van der Waals surface area contributed by atoms with E-state index in [0.717, 1.165) is 35.6 Å². The normalized spacial score (nSPS) is 21.7. The Kier molecular flexibility index (Phi) is 13.1. The number of aromatic amines is 2. The van der Waals surface area contributed by atoms with Crippen molar-refractivity contribution in [2.75, 3.05) is 6.61 Å². The monoisotopic (exact) mass is 848 g/mol. The first-order valence-electron chi connectivity index (χ1n) is 17.6. The highest BCUT2D eigenvalue weighted by Crippen LogP contribution is 2.67. The third kappa shape index (κ3) is 8.13. The van der Waals surface area contributed by atoms with Gasteiger partial charge in [0.2, 0.25) is 0 Å². The number of hydrogen-bond acceptors (Lipinski definition) is 9. The van der Waals surface area contributed by atoms with E-state index in [1.165, 1.54) is 12.1 Å². The SMILES string of the molecule is CCOC(=O)C(CC)Cc1[nH]c(=S)n2c1[C@@H]1C[C@]1(c1cc(Cl)ccc1F)C2.O=C(O)CCc1[nH]c(=S)n2c1[C@@H]1C[C@]1(c1cc(Cl)ccc1F)C2.O=C=O.O=C=O.